The lowest BCUT2D eigenvalue weighted by molar-refractivity contribution is -0.116. The van der Waals surface area contributed by atoms with Crippen LogP contribution >= 0.6 is 11.8 Å². The molecule has 1 saturated heterocycles. The lowest BCUT2D eigenvalue weighted by Gasteiger charge is -2.26. The van der Waals surface area contributed by atoms with Crippen molar-refractivity contribution >= 4 is 35.0 Å². The molecule has 0 spiro atoms. The summed E-state index contributed by atoms with van der Waals surface area (Å²) >= 11 is 2.00. The van der Waals surface area contributed by atoms with Gasteiger partial charge in [0.05, 0.1) is 6.33 Å². The van der Waals surface area contributed by atoms with Crippen LogP contribution in [0.3, 0.4) is 0 Å². The molecule has 1 aliphatic rings. The number of hydrogen-bond acceptors (Lipinski definition) is 5. The third-order valence-corrected chi connectivity index (χ3v) is 6.20. The Bertz CT molecular complexity index is 1050. The lowest BCUT2D eigenvalue weighted by atomic mass is 10.1. The average molecular weight is 450 g/mol. The van der Waals surface area contributed by atoms with Crippen molar-refractivity contribution in [1.29, 1.82) is 0 Å². The van der Waals surface area contributed by atoms with Crippen molar-refractivity contribution in [2.75, 3.05) is 35.2 Å². The topological polar surface area (TPSA) is 79.3 Å². The molecule has 4 rings (SSSR count). The standard InChI is InChI=1S/C24H27N5O2S/c30-23(7-9-29-10-8-25-18-29)26-22-6-2-4-20(16-22)24(31)27-21-5-1-3-19(15-21)17-28-11-13-32-14-12-28/h1-6,8,10,15-16,18H,7,9,11-14,17H2,(H,26,30)(H,27,31). The Morgan fingerprint density at radius 3 is 2.56 bits per heavy atom. The van der Waals surface area contributed by atoms with Gasteiger partial charge in [0.1, 0.15) is 0 Å². The van der Waals surface area contributed by atoms with Gasteiger partial charge >= 0.3 is 0 Å². The van der Waals surface area contributed by atoms with Crippen LogP contribution < -0.4 is 10.6 Å². The number of amides is 2. The Morgan fingerprint density at radius 2 is 1.78 bits per heavy atom. The second kappa shape index (κ2) is 11.0. The third-order valence-electron chi connectivity index (χ3n) is 5.26. The van der Waals surface area contributed by atoms with E-state index in [9.17, 15) is 9.59 Å². The molecule has 1 aliphatic heterocycles. The Morgan fingerprint density at radius 1 is 1.00 bits per heavy atom. The second-order valence-electron chi connectivity index (χ2n) is 7.72. The number of anilines is 2. The number of hydrogen-bond donors (Lipinski definition) is 2. The second-order valence-corrected chi connectivity index (χ2v) is 8.95. The number of carbonyl (C=O) groups is 2. The number of nitrogens with one attached hydrogen (secondary N) is 2. The van der Waals surface area contributed by atoms with Gasteiger partial charge in [-0.1, -0.05) is 18.2 Å². The fraction of sp³-hybridized carbons (Fsp3) is 0.292. The molecule has 2 amide bonds. The van der Waals surface area contributed by atoms with Crippen molar-refractivity contribution in [3.05, 3.63) is 78.4 Å². The van der Waals surface area contributed by atoms with Crippen LogP contribution in [0.15, 0.2) is 67.3 Å². The quantitative estimate of drug-likeness (QED) is 0.548. The summed E-state index contributed by atoms with van der Waals surface area (Å²) in [7, 11) is 0. The number of benzene rings is 2. The minimum Gasteiger partial charge on any atom is -0.337 e. The van der Waals surface area contributed by atoms with Gasteiger partial charge in [-0.15, -0.1) is 0 Å². The predicted molar refractivity (Wildman–Crippen MR) is 129 cm³/mol. The van der Waals surface area contributed by atoms with Gasteiger partial charge in [-0.25, -0.2) is 4.98 Å². The Balaban J connectivity index is 1.33. The van der Waals surface area contributed by atoms with E-state index in [-0.39, 0.29) is 11.8 Å². The molecule has 7 nitrogen and oxygen atoms in total. The minimum absolute atomic E-state index is 0.111. The molecule has 0 radical (unpaired) electrons. The Labute approximate surface area is 192 Å². The molecular formula is C24H27N5O2S. The molecule has 2 aromatic carbocycles. The number of aryl methyl sites for hydroxylation is 1. The van der Waals surface area contributed by atoms with Crippen LogP contribution in [0.25, 0.3) is 0 Å². The summed E-state index contributed by atoms with van der Waals surface area (Å²) in [6.45, 7) is 3.65. The molecule has 166 valence electrons. The molecule has 0 bridgehead atoms. The highest BCUT2D eigenvalue weighted by Gasteiger charge is 2.12. The zero-order valence-corrected chi connectivity index (χ0v) is 18.7. The Kier molecular flexibility index (Phi) is 7.58. The van der Waals surface area contributed by atoms with Crippen molar-refractivity contribution in [3.8, 4) is 0 Å². The molecule has 2 heterocycles. The maximum absolute atomic E-state index is 12.8. The maximum atomic E-state index is 12.8. The van der Waals surface area contributed by atoms with E-state index in [1.54, 1.807) is 36.8 Å². The van der Waals surface area contributed by atoms with E-state index < -0.39 is 0 Å². The molecule has 0 unspecified atom stereocenters. The smallest absolute Gasteiger partial charge is 0.255 e. The summed E-state index contributed by atoms with van der Waals surface area (Å²) in [5, 5.41) is 5.83. The molecule has 3 aromatic rings. The van der Waals surface area contributed by atoms with Crippen LogP contribution in [0.5, 0.6) is 0 Å². The molecule has 1 fully saturated rings. The highest BCUT2D eigenvalue weighted by atomic mass is 32.2. The van der Waals surface area contributed by atoms with Crippen LogP contribution in [0.4, 0.5) is 11.4 Å². The van der Waals surface area contributed by atoms with Crippen LogP contribution in [-0.2, 0) is 17.9 Å². The van der Waals surface area contributed by atoms with Crippen molar-refractivity contribution in [1.82, 2.24) is 14.5 Å². The zero-order chi connectivity index (χ0) is 22.2. The number of rotatable bonds is 8. The van der Waals surface area contributed by atoms with Gasteiger partial charge in [0, 0.05) is 73.4 Å². The molecule has 0 atom stereocenters. The van der Waals surface area contributed by atoms with Gasteiger partial charge in [0.25, 0.3) is 5.91 Å². The van der Waals surface area contributed by atoms with E-state index in [1.165, 1.54) is 17.1 Å². The van der Waals surface area contributed by atoms with Gasteiger partial charge in [-0.05, 0) is 35.9 Å². The summed E-state index contributed by atoms with van der Waals surface area (Å²) in [6, 6.07) is 15.0. The largest absolute Gasteiger partial charge is 0.337 e. The third kappa shape index (κ3) is 6.45. The van der Waals surface area contributed by atoms with Crippen molar-refractivity contribution in [3.63, 3.8) is 0 Å². The highest BCUT2D eigenvalue weighted by molar-refractivity contribution is 7.99. The molecule has 1 aromatic heterocycles. The Hall–Kier alpha value is -3.10. The zero-order valence-electron chi connectivity index (χ0n) is 17.9. The summed E-state index contributed by atoms with van der Waals surface area (Å²) in [5.74, 6) is 2.03. The van der Waals surface area contributed by atoms with Crippen LogP contribution in [-0.4, -0.2) is 50.9 Å². The normalized spacial score (nSPS) is 14.1. The molecule has 0 aliphatic carbocycles. The van der Waals surface area contributed by atoms with E-state index in [0.717, 1.165) is 25.3 Å². The van der Waals surface area contributed by atoms with Gasteiger partial charge in [0.2, 0.25) is 5.91 Å². The summed E-state index contributed by atoms with van der Waals surface area (Å²) in [6.07, 6.45) is 5.51. The van der Waals surface area contributed by atoms with Gasteiger partial charge in [-0.3, -0.25) is 14.5 Å². The number of imidazole rings is 1. The van der Waals surface area contributed by atoms with E-state index in [1.807, 2.05) is 40.7 Å². The first-order chi connectivity index (χ1) is 15.7. The van der Waals surface area contributed by atoms with Crippen LogP contribution in [0, 0.1) is 0 Å². The van der Waals surface area contributed by atoms with Crippen molar-refractivity contribution in [2.45, 2.75) is 19.5 Å². The number of carbonyl (C=O) groups excluding carboxylic acids is 2. The van der Waals surface area contributed by atoms with E-state index >= 15 is 0 Å². The van der Waals surface area contributed by atoms with Gasteiger partial charge < -0.3 is 15.2 Å². The number of aromatic nitrogens is 2. The van der Waals surface area contributed by atoms with E-state index in [4.69, 9.17) is 0 Å². The molecular weight excluding hydrogens is 422 g/mol. The summed E-state index contributed by atoms with van der Waals surface area (Å²) in [5.41, 5.74) is 3.06. The minimum atomic E-state index is -0.203. The maximum Gasteiger partial charge on any atom is 0.255 e. The molecule has 0 saturated carbocycles. The fourth-order valence-corrected chi connectivity index (χ4v) is 4.56. The first-order valence-corrected chi connectivity index (χ1v) is 11.9. The van der Waals surface area contributed by atoms with Gasteiger partial charge in [-0.2, -0.15) is 11.8 Å². The van der Waals surface area contributed by atoms with Crippen molar-refractivity contribution in [2.24, 2.45) is 0 Å². The van der Waals surface area contributed by atoms with E-state index in [0.29, 0.717) is 24.2 Å². The average Bonchev–Trinajstić information content (AvgIpc) is 3.33. The molecule has 2 N–H and O–H groups in total. The SMILES string of the molecule is O=C(CCn1ccnc1)Nc1cccc(C(=O)Nc2cccc(CN3CCSCC3)c2)c1. The first-order valence-electron chi connectivity index (χ1n) is 10.7. The molecule has 32 heavy (non-hydrogen) atoms. The predicted octanol–water partition coefficient (Wildman–Crippen LogP) is 3.71. The summed E-state index contributed by atoms with van der Waals surface area (Å²) in [4.78, 5) is 31.4. The monoisotopic (exact) mass is 449 g/mol. The van der Waals surface area contributed by atoms with Crippen molar-refractivity contribution < 1.29 is 9.59 Å². The fourth-order valence-electron chi connectivity index (χ4n) is 3.58. The summed E-state index contributed by atoms with van der Waals surface area (Å²) < 4.78 is 1.85. The van der Waals surface area contributed by atoms with Crippen LogP contribution in [0.2, 0.25) is 0 Å². The highest BCUT2D eigenvalue weighted by Crippen LogP contribution is 2.18. The van der Waals surface area contributed by atoms with Gasteiger partial charge in [0.15, 0.2) is 0 Å². The number of thioether (sulfide) groups is 1. The lowest BCUT2D eigenvalue weighted by Crippen LogP contribution is -2.31. The first kappa shape index (κ1) is 22.1. The van der Waals surface area contributed by atoms with E-state index in [2.05, 4.69) is 26.6 Å². The number of nitrogens with zero attached hydrogens (tertiary/aromatic N) is 3. The molecule has 8 heteroatoms. The van der Waals surface area contributed by atoms with Crippen LogP contribution in [0.1, 0.15) is 22.3 Å².